The molecule has 1 heterocycles. The molecule has 1 aromatic heterocycles. The largest absolute Gasteiger partial charge is 0.312 e. The second kappa shape index (κ2) is 6.71. The number of nitrogens with one attached hydrogen (secondary N) is 1. The summed E-state index contributed by atoms with van der Waals surface area (Å²) in [7, 11) is 0. The molecule has 18 heavy (non-hydrogen) atoms. The summed E-state index contributed by atoms with van der Waals surface area (Å²) in [5.74, 6) is 0. The quantitative estimate of drug-likeness (QED) is 0.768. The first-order valence-corrected chi connectivity index (χ1v) is 7.84. The third-order valence-corrected chi connectivity index (χ3v) is 4.74. The van der Waals surface area contributed by atoms with E-state index in [0.717, 1.165) is 30.1 Å². The zero-order chi connectivity index (χ0) is 13.0. The van der Waals surface area contributed by atoms with Gasteiger partial charge in [0.15, 0.2) is 0 Å². The van der Waals surface area contributed by atoms with E-state index in [0.29, 0.717) is 0 Å². The minimum atomic E-state index is 0.825. The van der Waals surface area contributed by atoms with Crippen molar-refractivity contribution >= 4 is 38.9 Å². The van der Waals surface area contributed by atoms with Gasteiger partial charge in [0.2, 0.25) is 0 Å². The number of aryl methyl sites for hydroxylation is 1. The Labute approximate surface area is 125 Å². The molecule has 0 aliphatic rings. The molecule has 1 N–H and O–H groups in total. The predicted molar refractivity (Wildman–Crippen MR) is 83.6 cm³/mol. The smallest absolute Gasteiger partial charge is 0.0701 e. The van der Waals surface area contributed by atoms with Crippen molar-refractivity contribution in [2.75, 3.05) is 6.54 Å². The Hall–Kier alpha value is -0.350. The lowest BCUT2D eigenvalue weighted by Gasteiger charge is -2.06. The minimum absolute atomic E-state index is 0.825. The summed E-state index contributed by atoms with van der Waals surface area (Å²) in [6.07, 6.45) is 1.06. The lowest BCUT2D eigenvalue weighted by Crippen LogP contribution is -2.16. The molecule has 2 aromatic rings. The highest BCUT2D eigenvalue weighted by molar-refractivity contribution is 9.11. The molecule has 0 fully saturated rings. The van der Waals surface area contributed by atoms with E-state index in [1.807, 2.05) is 6.07 Å². The minimum Gasteiger partial charge on any atom is -0.312 e. The van der Waals surface area contributed by atoms with Gasteiger partial charge in [-0.2, -0.15) is 0 Å². The maximum absolute atomic E-state index is 6.18. The van der Waals surface area contributed by atoms with E-state index in [1.54, 1.807) is 11.3 Å². The van der Waals surface area contributed by atoms with Gasteiger partial charge >= 0.3 is 0 Å². The van der Waals surface area contributed by atoms with Crippen LogP contribution in [0.3, 0.4) is 0 Å². The van der Waals surface area contributed by atoms with Gasteiger partial charge in [-0.3, -0.25) is 0 Å². The standard InChI is InChI=1S/C14H15BrClNS/c1-10-2-3-11(13(16)8-10)9-17-7-6-12-4-5-14(15)18-12/h2-5,8,17H,6-7,9H2,1H3. The van der Waals surface area contributed by atoms with Crippen LogP contribution >= 0.6 is 38.9 Å². The second-order valence-corrected chi connectivity index (χ2v) is 7.18. The first-order chi connectivity index (χ1) is 8.65. The normalized spacial score (nSPS) is 10.8. The molecule has 0 saturated carbocycles. The molecule has 0 atom stereocenters. The van der Waals surface area contributed by atoms with Crippen LogP contribution in [0.5, 0.6) is 0 Å². The first-order valence-electron chi connectivity index (χ1n) is 5.85. The summed E-state index contributed by atoms with van der Waals surface area (Å²) in [6, 6.07) is 10.5. The van der Waals surface area contributed by atoms with E-state index >= 15 is 0 Å². The maximum Gasteiger partial charge on any atom is 0.0701 e. The van der Waals surface area contributed by atoms with Crippen molar-refractivity contribution in [2.24, 2.45) is 0 Å². The van der Waals surface area contributed by atoms with E-state index in [9.17, 15) is 0 Å². The molecule has 0 aliphatic heterocycles. The topological polar surface area (TPSA) is 12.0 Å². The fourth-order valence-corrected chi connectivity index (χ4v) is 3.50. The number of hydrogen-bond donors (Lipinski definition) is 1. The second-order valence-electron chi connectivity index (χ2n) is 4.23. The molecule has 1 aromatic carbocycles. The summed E-state index contributed by atoms with van der Waals surface area (Å²) >= 11 is 11.4. The van der Waals surface area contributed by atoms with Crippen molar-refractivity contribution in [3.8, 4) is 0 Å². The Morgan fingerprint density at radius 1 is 1.28 bits per heavy atom. The lowest BCUT2D eigenvalue weighted by atomic mass is 10.1. The van der Waals surface area contributed by atoms with Crippen LogP contribution in [0, 0.1) is 6.92 Å². The van der Waals surface area contributed by atoms with Crippen molar-refractivity contribution in [2.45, 2.75) is 19.9 Å². The summed E-state index contributed by atoms with van der Waals surface area (Å²) in [6.45, 7) is 3.85. The number of benzene rings is 1. The summed E-state index contributed by atoms with van der Waals surface area (Å²) < 4.78 is 1.19. The molecule has 96 valence electrons. The van der Waals surface area contributed by atoms with Gasteiger partial charge in [-0.05, 0) is 58.6 Å². The molecule has 0 aliphatic carbocycles. The van der Waals surface area contributed by atoms with Crippen molar-refractivity contribution in [1.82, 2.24) is 5.32 Å². The molecular formula is C14H15BrClNS. The average Bonchev–Trinajstić information content (AvgIpc) is 2.73. The molecule has 0 amide bonds. The zero-order valence-corrected chi connectivity index (χ0v) is 13.3. The summed E-state index contributed by atoms with van der Waals surface area (Å²) in [4.78, 5) is 1.39. The molecule has 0 saturated heterocycles. The van der Waals surface area contributed by atoms with E-state index in [4.69, 9.17) is 11.6 Å². The van der Waals surface area contributed by atoms with Gasteiger partial charge in [0.05, 0.1) is 3.79 Å². The van der Waals surface area contributed by atoms with E-state index in [-0.39, 0.29) is 0 Å². The average molecular weight is 345 g/mol. The molecular weight excluding hydrogens is 330 g/mol. The van der Waals surface area contributed by atoms with E-state index < -0.39 is 0 Å². The first kappa shape index (κ1) is 14.1. The molecule has 0 radical (unpaired) electrons. The molecule has 0 unspecified atom stereocenters. The molecule has 1 nitrogen and oxygen atoms in total. The Kier molecular flexibility index (Phi) is 5.25. The highest BCUT2D eigenvalue weighted by Crippen LogP contribution is 2.22. The van der Waals surface area contributed by atoms with Crippen LogP contribution in [0.1, 0.15) is 16.0 Å². The van der Waals surface area contributed by atoms with Crippen LogP contribution in [-0.2, 0) is 13.0 Å². The Balaban J connectivity index is 1.78. The van der Waals surface area contributed by atoms with Crippen LogP contribution in [0.4, 0.5) is 0 Å². The lowest BCUT2D eigenvalue weighted by molar-refractivity contribution is 0.690. The van der Waals surface area contributed by atoms with Crippen molar-refractivity contribution < 1.29 is 0 Å². The fourth-order valence-electron chi connectivity index (χ4n) is 1.72. The van der Waals surface area contributed by atoms with Gasteiger partial charge in [-0.1, -0.05) is 23.7 Å². The SMILES string of the molecule is Cc1ccc(CNCCc2ccc(Br)s2)c(Cl)c1. The number of rotatable bonds is 5. The molecule has 0 bridgehead atoms. The number of hydrogen-bond acceptors (Lipinski definition) is 2. The zero-order valence-electron chi connectivity index (χ0n) is 10.2. The van der Waals surface area contributed by atoms with Crippen molar-refractivity contribution in [3.05, 3.63) is 55.1 Å². The van der Waals surface area contributed by atoms with Gasteiger partial charge in [0.25, 0.3) is 0 Å². The Morgan fingerprint density at radius 3 is 2.78 bits per heavy atom. The number of halogens is 2. The monoisotopic (exact) mass is 343 g/mol. The van der Waals surface area contributed by atoms with E-state index in [2.05, 4.69) is 52.4 Å². The Morgan fingerprint density at radius 2 is 2.11 bits per heavy atom. The fraction of sp³-hybridized carbons (Fsp3) is 0.286. The van der Waals surface area contributed by atoms with E-state index in [1.165, 1.54) is 14.2 Å². The van der Waals surface area contributed by atoms with Crippen LogP contribution in [0.15, 0.2) is 34.1 Å². The van der Waals surface area contributed by atoms with Crippen LogP contribution < -0.4 is 5.32 Å². The van der Waals surface area contributed by atoms with Gasteiger partial charge in [-0.15, -0.1) is 11.3 Å². The van der Waals surface area contributed by atoms with Crippen LogP contribution in [0.25, 0.3) is 0 Å². The maximum atomic E-state index is 6.18. The van der Waals surface area contributed by atoms with Crippen molar-refractivity contribution in [3.63, 3.8) is 0 Å². The predicted octanol–water partition coefficient (Wildman–Crippen LogP) is 4.80. The van der Waals surface area contributed by atoms with Crippen LogP contribution in [-0.4, -0.2) is 6.54 Å². The van der Waals surface area contributed by atoms with Crippen molar-refractivity contribution in [1.29, 1.82) is 0 Å². The molecule has 4 heteroatoms. The van der Waals surface area contributed by atoms with Gasteiger partial charge in [-0.25, -0.2) is 0 Å². The Bertz CT molecular complexity index is 524. The summed E-state index contributed by atoms with van der Waals surface area (Å²) in [5.41, 5.74) is 2.36. The highest BCUT2D eigenvalue weighted by Gasteiger charge is 2.01. The molecule has 2 rings (SSSR count). The van der Waals surface area contributed by atoms with Gasteiger partial charge in [0, 0.05) is 23.0 Å². The summed E-state index contributed by atoms with van der Waals surface area (Å²) in [5, 5.41) is 4.28. The van der Waals surface area contributed by atoms with Crippen LogP contribution in [0.2, 0.25) is 5.02 Å². The van der Waals surface area contributed by atoms with Gasteiger partial charge < -0.3 is 5.32 Å². The highest BCUT2D eigenvalue weighted by atomic mass is 79.9. The molecule has 0 spiro atoms. The third-order valence-electron chi connectivity index (χ3n) is 2.70. The third kappa shape index (κ3) is 4.09. The number of thiophene rings is 1. The van der Waals surface area contributed by atoms with Gasteiger partial charge in [0.1, 0.15) is 0 Å².